The van der Waals surface area contributed by atoms with Gasteiger partial charge in [0.05, 0.1) is 12.7 Å². The summed E-state index contributed by atoms with van der Waals surface area (Å²) in [5, 5.41) is 28.9. The van der Waals surface area contributed by atoms with Gasteiger partial charge in [0.15, 0.2) is 5.96 Å². The van der Waals surface area contributed by atoms with E-state index < -0.39 is 102 Å². The van der Waals surface area contributed by atoms with Crippen LogP contribution in [-0.2, 0) is 62.4 Å². The summed E-state index contributed by atoms with van der Waals surface area (Å²) < 4.78 is 0. The second kappa shape index (κ2) is 30.8. The third-order valence-electron chi connectivity index (χ3n) is 12.2. The number of nitrogens with one attached hydrogen (secondary N) is 9. The summed E-state index contributed by atoms with van der Waals surface area (Å²) in [6.45, 7) is 5.40. The first kappa shape index (κ1) is 60.2. The van der Waals surface area contributed by atoms with Crippen molar-refractivity contribution in [2.75, 3.05) is 13.1 Å². The number of benzene rings is 2. The van der Waals surface area contributed by atoms with Gasteiger partial charge in [-0.3, -0.25) is 48.1 Å². The molecule has 0 radical (unpaired) electrons. The lowest BCUT2D eigenvalue weighted by Crippen LogP contribution is -2.61. The maximum absolute atomic E-state index is 14.7. The van der Waals surface area contributed by atoms with Gasteiger partial charge in [-0.1, -0.05) is 62.2 Å². The summed E-state index contributed by atoms with van der Waals surface area (Å²) in [6, 6.07) is 4.67. The number of guanidine groups is 1. The van der Waals surface area contributed by atoms with Crippen molar-refractivity contribution >= 4 is 70.1 Å². The van der Waals surface area contributed by atoms with Crippen LogP contribution >= 0.6 is 0 Å². The van der Waals surface area contributed by atoms with Gasteiger partial charge in [0, 0.05) is 61.7 Å². The molecule has 25 heteroatoms. The van der Waals surface area contributed by atoms with E-state index in [2.05, 4.69) is 57.2 Å². The van der Waals surface area contributed by atoms with E-state index in [-0.39, 0.29) is 57.5 Å². The number of aryl methyl sites for hydroxylation is 1. The molecule has 76 heavy (non-hydrogen) atoms. The maximum atomic E-state index is 14.7. The molecule has 0 saturated heterocycles. The Hall–Kier alpha value is -8.35. The zero-order chi connectivity index (χ0) is 55.7. The van der Waals surface area contributed by atoms with E-state index in [1.807, 2.05) is 32.0 Å². The van der Waals surface area contributed by atoms with Gasteiger partial charge in [-0.15, -0.1) is 0 Å². The zero-order valence-corrected chi connectivity index (χ0v) is 43.1. The quantitative estimate of drug-likeness (QED) is 0.0154. The van der Waals surface area contributed by atoms with Gasteiger partial charge in [0.1, 0.15) is 42.3 Å². The maximum Gasteiger partial charge on any atom is 0.305 e. The summed E-state index contributed by atoms with van der Waals surface area (Å²) in [4.78, 5) is 136. The number of carbonyl (C=O) groups is 9. The first-order chi connectivity index (χ1) is 36.3. The van der Waals surface area contributed by atoms with Crippen LogP contribution in [0.5, 0.6) is 0 Å². The lowest BCUT2D eigenvalue weighted by molar-refractivity contribution is -0.141. The number of aromatic amines is 2. The fraction of sp³-hybridized carbons (Fsp3) is 0.471. The number of amides is 8. The number of aromatic nitrogens is 3. The number of aliphatic carboxylic acids is 1. The highest BCUT2D eigenvalue weighted by Gasteiger charge is 2.35. The van der Waals surface area contributed by atoms with Crippen molar-refractivity contribution in [1.29, 1.82) is 0 Å². The Kier molecular flexibility index (Phi) is 24.4. The summed E-state index contributed by atoms with van der Waals surface area (Å²) in [5.41, 5.74) is 25.9. The predicted molar refractivity (Wildman–Crippen MR) is 282 cm³/mol. The number of aliphatic imine (C=N–C) groups is 1. The first-order valence-electron chi connectivity index (χ1n) is 25.2. The number of hydrogen-bond donors (Lipinski definition) is 14. The molecule has 412 valence electrons. The Labute approximate surface area is 440 Å². The Morgan fingerprint density at radius 3 is 1.78 bits per heavy atom. The molecular formula is C51H73N15O10. The standard InChI is InChI=1S/C51H73N15O10/c1-4-5-14-36(60-30(3)67)45(71)66-42(25-43(68)69)50(76)65-41(24-33-27-56-28-59-33)49(75)63-39(22-31-12-7-6-8-13-31)47(73)62-37(16-11-20-57-51(54)55)46(72)64-40(48(74)61-35(44(53)70)15-9-10-19-52)23-32-26-58-38-21-29(2)17-18-34(32)38/h6-8,12-13,17-18,21,26-28,35-37,39-42,58H,4-5,9-11,14-16,19-20,22-25,52H2,1-3H3,(H2,53,70)(H,56,59)(H,60,67)(H,61,74)(H,62,73)(H,63,75)(H,64,72)(H,65,76)(H,66,71)(H,68,69)(H4,54,55,57)/t35-,36-,37-,39-,40-,41-,42-/m0/s1. The molecule has 7 atom stereocenters. The van der Waals surface area contributed by atoms with Crippen LogP contribution in [-0.4, -0.2) is 135 Å². The zero-order valence-electron chi connectivity index (χ0n) is 43.1. The third kappa shape index (κ3) is 20.2. The van der Waals surface area contributed by atoms with E-state index in [0.29, 0.717) is 49.0 Å². The number of hydrogen-bond acceptors (Lipinski definition) is 12. The van der Waals surface area contributed by atoms with E-state index in [0.717, 1.165) is 16.5 Å². The van der Waals surface area contributed by atoms with Crippen LogP contribution < -0.4 is 60.2 Å². The molecule has 0 bridgehead atoms. The minimum Gasteiger partial charge on any atom is -0.481 e. The molecular weight excluding hydrogens is 983 g/mol. The number of fused-ring (bicyclic) bond motifs is 1. The number of carbonyl (C=O) groups excluding carboxylic acids is 8. The molecule has 0 unspecified atom stereocenters. The van der Waals surface area contributed by atoms with E-state index in [1.165, 1.54) is 19.4 Å². The number of primary amides is 1. The second-order valence-electron chi connectivity index (χ2n) is 18.5. The second-order valence-corrected chi connectivity index (χ2v) is 18.5. The van der Waals surface area contributed by atoms with Gasteiger partial charge in [-0.2, -0.15) is 0 Å². The SMILES string of the molecule is CCCC[C@H](NC(C)=O)C(=O)N[C@@H](CC(=O)O)C(=O)N[C@@H](Cc1cnc[nH]1)C(=O)N[C@@H](Cc1ccccc1)C(=O)N[C@@H](CCCN=C(N)N)C(=O)N[C@@H](Cc1c[nH]c2cc(C)ccc12)C(=O)N[C@@H](CCCCN)C(N)=O. The molecule has 4 rings (SSSR count). The fourth-order valence-corrected chi connectivity index (χ4v) is 8.27. The van der Waals surface area contributed by atoms with E-state index in [1.54, 1.807) is 36.5 Å². The van der Waals surface area contributed by atoms with Crippen molar-refractivity contribution in [1.82, 2.24) is 52.2 Å². The van der Waals surface area contributed by atoms with Crippen LogP contribution in [0.15, 0.2) is 72.2 Å². The van der Waals surface area contributed by atoms with Crippen LogP contribution in [0, 0.1) is 6.92 Å². The molecule has 4 aromatic rings. The number of carboxylic acids is 1. The molecule has 0 fully saturated rings. The van der Waals surface area contributed by atoms with Gasteiger partial charge < -0.3 is 75.2 Å². The molecule has 2 aromatic carbocycles. The minimum atomic E-state index is -1.72. The number of carboxylic acid groups (broad SMARTS) is 1. The Morgan fingerprint density at radius 2 is 1.20 bits per heavy atom. The lowest BCUT2D eigenvalue weighted by atomic mass is 10.0. The Balaban J connectivity index is 1.69. The Morgan fingerprint density at radius 1 is 0.645 bits per heavy atom. The molecule has 2 aromatic heterocycles. The average molecular weight is 1060 g/mol. The summed E-state index contributed by atoms with van der Waals surface area (Å²) in [6.07, 6.45) is 5.76. The molecule has 8 amide bonds. The van der Waals surface area contributed by atoms with Gasteiger partial charge in [0.2, 0.25) is 47.3 Å². The smallest absolute Gasteiger partial charge is 0.305 e. The number of nitrogens with zero attached hydrogens (tertiary/aromatic N) is 2. The van der Waals surface area contributed by atoms with Crippen molar-refractivity contribution in [3.8, 4) is 0 Å². The van der Waals surface area contributed by atoms with Gasteiger partial charge in [-0.25, -0.2) is 4.98 Å². The van der Waals surface area contributed by atoms with Gasteiger partial charge in [-0.05, 0) is 74.8 Å². The average Bonchev–Trinajstić information content (AvgIpc) is 4.04. The number of H-pyrrole nitrogens is 2. The minimum absolute atomic E-state index is 0.0405. The van der Waals surface area contributed by atoms with Crippen molar-refractivity contribution in [2.24, 2.45) is 27.9 Å². The lowest BCUT2D eigenvalue weighted by Gasteiger charge is -2.28. The summed E-state index contributed by atoms with van der Waals surface area (Å²) in [7, 11) is 0. The molecule has 0 spiro atoms. The first-order valence-corrected chi connectivity index (χ1v) is 25.2. The molecule has 18 N–H and O–H groups in total. The van der Waals surface area contributed by atoms with E-state index in [4.69, 9.17) is 22.9 Å². The number of nitrogens with two attached hydrogens (primary N) is 4. The highest BCUT2D eigenvalue weighted by Crippen LogP contribution is 2.21. The normalized spacial score (nSPS) is 13.8. The van der Waals surface area contributed by atoms with E-state index >= 15 is 0 Å². The highest BCUT2D eigenvalue weighted by atomic mass is 16.4. The molecule has 2 heterocycles. The molecule has 0 saturated carbocycles. The monoisotopic (exact) mass is 1060 g/mol. The number of rotatable bonds is 33. The number of imidazole rings is 1. The predicted octanol–water partition coefficient (Wildman–Crippen LogP) is -1.03. The van der Waals surface area contributed by atoms with Crippen LogP contribution in [0.2, 0.25) is 0 Å². The van der Waals surface area contributed by atoms with Crippen molar-refractivity contribution in [3.05, 3.63) is 89.6 Å². The molecule has 0 aliphatic heterocycles. The highest BCUT2D eigenvalue weighted by molar-refractivity contribution is 5.98. The van der Waals surface area contributed by atoms with Crippen molar-refractivity contribution in [3.63, 3.8) is 0 Å². The van der Waals surface area contributed by atoms with E-state index in [9.17, 15) is 48.3 Å². The third-order valence-corrected chi connectivity index (χ3v) is 12.2. The molecule has 25 nitrogen and oxygen atoms in total. The Bertz CT molecular complexity index is 2620. The van der Waals surface area contributed by atoms with Crippen molar-refractivity contribution in [2.45, 2.75) is 140 Å². The van der Waals surface area contributed by atoms with Gasteiger partial charge in [0.25, 0.3) is 0 Å². The fourth-order valence-electron chi connectivity index (χ4n) is 8.27. The van der Waals surface area contributed by atoms with Crippen LogP contribution in [0.4, 0.5) is 0 Å². The summed E-state index contributed by atoms with van der Waals surface area (Å²) >= 11 is 0. The molecule has 0 aliphatic carbocycles. The number of unbranched alkanes of at least 4 members (excludes halogenated alkanes) is 2. The topological polar surface area (TPSA) is 419 Å². The van der Waals surface area contributed by atoms with Crippen LogP contribution in [0.3, 0.4) is 0 Å². The largest absolute Gasteiger partial charge is 0.481 e. The van der Waals surface area contributed by atoms with Crippen molar-refractivity contribution < 1.29 is 48.3 Å². The summed E-state index contributed by atoms with van der Waals surface area (Å²) in [5.74, 6) is -8.19. The van der Waals surface area contributed by atoms with Gasteiger partial charge >= 0.3 is 5.97 Å². The van der Waals surface area contributed by atoms with Crippen LogP contribution in [0.1, 0.15) is 94.0 Å². The van der Waals surface area contributed by atoms with Crippen LogP contribution in [0.25, 0.3) is 10.9 Å². The molecule has 0 aliphatic rings.